The molecule has 0 aliphatic heterocycles. The number of carbonyl (C=O) groups is 1. The highest BCUT2D eigenvalue weighted by atomic mass is 31.2. The molecule has 0 aliphatic carbocycles. The summed E-state index contributed by atoms with van der Waals surface area (Å²) in [5, 5.41) is 0. The van der Waals surface area contributed by atoms with E-state index in [1.807, 2.05) is 13.8 Å². The number of esters is 1. The fraction of sp³-hybridized carbons (Fsp3) is 0.700. The highest BCUT2D eigenvalue weighted by molar-refractivity contribution is 7.65. The van der Waals surface area contributed by atoms with Gasteiger partial charge in [0, 0.05) is 0 Å². The number of carbonyl (C=O) groups excluding carboxylic acids is 1. The Hall–Kier alpha value is -0.740. The molecular weight excluding hydrogens is 199 g/mol. The van der Waals surface area contributed by atoms with E-state index in [2.05, 4.69) is 5.92 Å². The molecule has 0 bridgehead atoms. The summed E-state index contributed by atoms with van der Waals surface area (Å²) in [6.07, 6.45) is 6.00. The van der Waals surface area contributed by atoms with Gasteiger partial charge < -0.3 is 9.30 Å². The zero-order chi connectivity index (χ0) is 11.2. The van der Waals surface area contributed by atoms with E-state index < -0.39 is 18.8 Å². The minimum atomic E-state index is -2.41. The Morgan fingerprint density at radius 2 is 2.00 bits per heavy atom. The minimum absolute atomic E-state index is 0.0450. The van der Waals surface area contributed by atoms with Gasteiger partial charge >= 0.3 is 5.97 Å². The third-order valence-electron chi connectivity index (χ3n) is 2.42. The molecule has 0 amide bonds. The van der Waals surface area contributed by atoms with Crippen LogP contribution < -0.4 is 0 Å². The fourth-order valence-corrected chi connectivity index (χ4v) is 3.20. The summed E-state index contributed by atoms with van der Waals surface area (Å²) in [7, 11) is -2.41. The van der Waals surface area contributed by atoms with Crippen LogP contribution in [0.3, 0.4) is 0 Å². The Kier molecular flexibility index (Phi) is 5.57. The zero-order valence-corrected chi connectivity index (χ0v) is 9.84. The van der Waals surface area contributed by atoms with Gasteiger partial charge in [0.05, 0.1) is 0 Å². The molecular formula is C10H17O3P. The van der Waals surface area contributed by atoms with Crippen LogP contribution in [0.1, 0.15) is 20.8 Å². The van der Waals surface area contributed by atoms with Gasteiger partial charge in [0.25, 0.3) is 0 Å². The lowest BCUT2D eigenvalue weighted by Gasteiger charge is -2.20. The van der Waals surface area contributed by atoms with Crippen LogP contribution in [-0.2, 0) is 14.1 Å². The number of hydrogen-bond donors (Lipinski definition) is 0. The number of ether oxygens (including phenoxy) is 1. The highest BCUT2D eigenvalue weighted by Crippen LogP contribution is 2.50. The van der Waals surface area contributed by atoms with Crippen LogP contribution in [-0.4, -0.2) is 30.6 Å². The van der Waals surface area contributed by atoms with E-state index in [0.717, 1.165) is 0 Å². The smallest absolute Gasteiger partial charge is 0.317 e. The van der Waals surface area contributed by atoms with Gasteiger partial charge in [0.15, 0.2) is 6.61 Å². The first-order valence-corrected chi connectivity index (χ1v) is 6.84. The van der Waals surface area contributed by atoms with E-state index in [4.69, 9.17) is 11.2 Å². The predicted octanol–water partition coefficient (Wildman–Crippen LogP) is 1.95. The second-order valence-electron chi connectivity index (χ2n) is 3.07. The van der Waals surface area contributed by atoms with Crippen LogP contribution >= 0.6 is 7.14 Å². The molecule has 0 aromatic heterocycles. The van der Waals surface area contributed by atoms with Crippen molar-refractivity contribution in [3.05, 3.63) is 0 Å². The molecule has 14 heavy (non-hydrogen) atoms. The van der Waals surface area contributed by atoms with Crippen LogP contribution in [0, 0.1) is 12.3 Å². The second-order valence-corrected chi connectivity index (χ2v) is 7.02. The van der Waals surface area contributed by atoms with E-state index in [9.17, 15) is 9.36 Å². The Morgan fingerprint density at radius 3 is 2.36 bits per heavy atom. The fourth-order valence-electron chi connectivity index (χ4n) is 1.20. The van der Waals surface area contributed by atoms with Crippen molar-refractivity contribution in [2.75, 3.05) is 18.9 Å². The van der Waals surface area contributed by atoms with Gasteiger partial charge in [-0.05, 0) is 19.2 Å². The molecule has 0 saturated heterocycles. The van der Waals surface area contributed by atoms with Gasteiger partial charge in [0.2, 0.25) is 0 Å². The molecule has 3 nitrogen and oxygen atoms in total. The lowest BCUT2D eigenvalue weighted by molar-refractivity contribution is -0.141. The summed E-state index contributed by atoms with van der Waals surface area (Å²) in [6, 6.07) is 0. The first-order chi connectivity index (χ1) is 6.51. The van der Waals surface area contributed by atoms with Crippen LogP contribution in [0.4, 0.5) is 0 Å². The maximum Gasteiger partial charge on any atom is 0.317 e. The molecule has 0 rings (SSSR count). The van der Waals surface area contributed by atoms with E-state index in [1.54, 1.807) is 6.92 Å². The van der Waals surface area contributed by atoms with Gasteiger partial charge in [0.1, 0.15) is 12.8 Å². The molecule has 0 aromatic carbocycles. The van der Waals surface area contributed by atoms with Gasteiger partial charge in [-0.2, -0.15) is 0 Å². The van der Waals surface area contributed by atoms with E-state index in [0.29, 0.717) is 12.3 Å². The molecule has 0 aromatic rings. The number of terminal acetylenes is 1. The SMILES string of the molecule is C#CCOC(=O)C(C)P(=O)(CC)CC. The molecule has 0 radical (unpaired) electrons. The first kappa shape index (κ1) is 13.3. The Labute approximate surface area is 85.6 Å². The molecule has 0 saturated carbocycles. The van der Waals surface area contributed by atoms with Crippen molar-refractivity contribution < 1.29 is 14.1 Å². The third kappa shape index (κ3) is 3.20. The largest absolute Gasteiger partial charge is 0.452 e. The molecule has 1 atom stereocenters. The van der Waals surface area contributed by atoms with Gasteiger partial charge in [-0.1, -0.05) is 19.8 Å². The first-order valence-electron chi connectivity index (χ1n) is 4.69. The zero-order valence-electron chi connectivity index (χ0n) is 8.95. The molecule has 0 N–H and O–H groups in total. The van der Waals surface area contributed by atoms with Crippen LogP contribution in [0.25, 0.3) is 0 Å². The molecule has 0 aliphatic rings. The third-order valence-corrected chi connectivity index (χ3v) is 6.18. The summed E-state index contributed by atoms with van der Waals surface area (Å²) in [4.78, 5) is 11.4. The molecule has 0 fully saturated rings. The van der Waals surface area contributed by atoms with E-state index in [1.165, 1.54) is 0 Å². The summed E-state index contributed by atoms with van der Waals surface area (Å²) in [5.74, 6) is 1.76. The monoisotopic (exact) mass is 216 g/mol. The second kappa shape index (κ2) is 5.88. The molecule has 0 heterocycles. The van der Waals surface area contributed by atoms with Crippen LogP contribution in [0.15, 0.2) is 0 Å². The number of hydrogen-bond acceptors (Lipinski definition) is 3. The maximum absolute atomic E-state index is 12.1. The quantitative estimate of drug-likeness (QED) is 0.401. The van der Waals surface area contributed by atoms with Gasteiger partial charge in [-0.3, -0.25) is 4.79 Å². The van der Waals surface area contributed by atoms with Crippen molar-refractivity contribution >= 4 is 13.1 Å². The van der Waals surface area contributed by atoms with E-state index in [-0.39, 0.29) is 6.61 Å². The van der Waals surface area contributed by atoms with Gasteiger partial charge in [-0.25, -0.2) is 0 Å². The van der Waals surface area contributed by atoms with E-state index >= 15 is 0 Å². The van der Waals surface area contributed by atoms with Crippen molar-refractivity contribution in [1.29, 1.82) is 0 Å². The maximum atomic E-state index is 12.1. The molecule has 4 heteroatoms. The summed E-state index contributed by atoms with van der Waals surface area (Å²) >= 11 is 0. The van der Waals surface area contributed by atoms with Crippen LogP contribution in [0.2, 0.25) is 0 Å². The lowest BCUT2D eigenvalue weighted by atomic mass is 10.5. The Morgan fingerprint density at radius 1 is 1.50 bits per heavy atom. The summed E-state index contributed by atoms with van der Waals surface area (Å²) in [6.45, 7) is 5.26. The highest BCUT2D eigenvalue weighted by Gasteiger charge is 2.32. The molecule has 1 unspecified atom stereocenters. The van der Waals surface area contributed by atoms with Crippen molar-refractivity contribution in [3.8, 4) is 12.3 Å². The van der Waals surface area contributed by atoms with Crippen molar-refractivity contribution in [1.82, 2.24) is 0 Å². The summed E-state index contributed by atoms with van der Waals surface area (Å²) in [5.41, 5.74) is -0.536. The van der Waals surface area contributed by atoms with Gasteiger partial charge in [-0.15, -0.1) is 6.42 Å². The summed E-state index contributed by atoms with van der Waals surface area (Å²) < 4.78 is 16.9. The minimum Gasteiger partial charge on any atom is -0.452 e. The Balaban J connectivity index is 4.45. The van der Waals surface area contributed by atoms with Crippen molar-refractivity contribution in [2.24, 2.45) is 0 Å². The average molecular weight is 216 g/mol. The van der Waals surface area contributed by atoms with Crippen molar-refractivity contribution in [3.63, 3.8) is 0 Å². The van der Waals surface area contributed by atoms with Crippen LogP contribution in [0.5, 0.6) is 0 Å². The number of rotatable bonds is 5. The standard InChI is InChI=1S/C10H17O3P/c1-5-8-13-10(11)9(4)14(12,6-2)7-3/h1,9H,6-8H2,2-4H3. The topological polar surface area (TPSA) is 43.4 Å². The average Bonchev–Trinajstić information content (AvgIpc) is 2.23. The van der Waals surface area contributed by atoms with Crippen molar-refractivity contribution in [2.45, 2.75) is 26.4 Å². The normalized spacial score (nSPS) is 13.0. The predicted molar refractivity (Wildman–Crippen MR) is 57.9 cm³/mol. The molecule has 0 spiro atoms. The Bertz CT molecular complexity index is 270. The lowest BCUT2D eigenvalue weighted by Crippen LogP contribution is -2.22. The molecule has 80 valence electrons.